The highest BCUT2D eigenvalue weighted by Crippen LogP contribution is 2.29. The van der Waals surface area contributed by atoms with Crippen LogP contribution in [0.15, 0.2) is 56.4 Å². The number of anilines is 1. The minimum atomic E-state index is -0.637. The van der Waals surface area contributed by atoms with Crippen LogP contribution < -0.4 is 26.0 Å². The number of aryl methyl sites for hydroxylation is 1. The predicted molar refractivity (Wildman–Crippen MR) is 134 cm³/mol. The first-order valence-electron chi connectivity index (χ1n) is 10.2. The van der Waals surface area contributed by atoms with Gasteiger partial charge in [0.15, 0.2) is 9.99 Å². The number of ether oxygens (including phenoxy) is 2. The van der Waals surface area contributed by atoms with Gasteiger partial charge in [0.25, 0.3) is 5.56 Å². The van der Waals surface area contributed by atoms with Crippen molar-refractivity contribution >= 4 is 45.0 Å². The topological polar surface area (TPSA) is 104 Å². The van der Waals surface area contributed by atoms with Crippen LogP contribution in [0.4, 0.5) is 5.69 Å². The highest BCUT2D eigenvalue weighted by molar-refractivity contribution is 8.00. The third-order valence-electron chi connectivity index (χ3n) is 5.18. The lowest BCUT2D eigenvalue weighted by Gasteiger charge is -2.14. The molecule has 0 spiro atoms. The summed E-state index contributed by atoms with van der Waals surface area (Å²) in [6, 6.07) is 12.1. The molecule has 0 atom stereocenters. The maximum atomic E-state index is 13.5. The Morgan fingerprint density at radius 2 is 1.91 bits per heavy atom. The van der Waals surface area contributed by atoms with Crippen molar-refractivity contribution in [3.8, 4) is 17.2 Å². The molecule has 0 bridgehead atoms. The molecule has 2 aromatic heterocycles. The van der Waals surface area contributed by atoms with Crippen molar-refractivity contribution in [2.45, 2.75) is 17.8 Å². The molecule has 1 amide bonds. The van der Waals surface area contributed by atoms with Gasteiger partial charge in [0.1, 0.15) is 22.7 Å². The summed E-state index contributed by atoms with van der Waals surface area (Å²) in [7, 11) is 3.01. The molecule has 11 heteroatoms. The van der Waals surface area contributed by atoms with Gasteiger partial charge < -0.3 is 14.8 Å². The molecule has 9 nitrogen and oxygen atoms in total. The van der Waals surface area contributed by atoms with Crippen molar-refractivity contribution in [1.82, 2.24) is 14.1 Å². The van der Waals surface area contributed by atoms with Gasteiger partial charge in [0, 0.05) is 6.07 Å². The van der Waals surface area contributed by atoms with Gasteiger partial charge in [-0.15, -0.1) is 11.3 Å². The number of rotatable bonds is 7. The predicted octanol–water partition coefficient (Wildman–Crippen LogP) is 3.30. The van der Waals surface area contributed by atoms with E-state index in [2.05, 4.69) is 10.3 Å². The number of hydrogen-bond donors (Lipinski definition) is 1. The molecular weight excluding hydrogens is 476 g/mol. The zero-order valence-electron chi connectivity index (χ0n) is 18.9. The smallest absolute Gasteiger partial charge is 0.337 e. The van der Waals surface area contributed by atoms with E-state index in [0.29, 0.717) is 31.9 Å². The molecular formula is C23H22N4O5S2. The van der Waals surface area contributed by atoms with Gasteiger partial charge in [-0.3, -0.25) is 14.2 Å². The molecule has 0 aliphatic carbocycles. The number of thiazole rings is 1. The lowest BCUT2D eigenvalue weighted by Crippen LogP contribution is -2.40. The Labute approximate surface area is 203 Å². The van der Waals surface area contributed by atoms with Gasteiger partial charge in [-0.1, -0.05) is 30.0 Å². The monoisotopic (exact) mass is 498 g/mol. The number of nitrogens with one attached hydrogen (secondary N) is 1. The van der Waals surface area contributed by atoms with E-state index in [1.807, 2.05) is 25.3 Å². The van der Waals surface area contributed by atoms with Crippen LogP contribution in [0, 0.1) is 6.92 Å². The highest BCUT2D eigenvalue weighted by Gasteiger charge is 2.21. The summed E-state index contributed by atoms with van der Waals surface area (Å²) in [6.45, 7) is 1.48. The quantitative estimate of drug-likeness (QED) is 0.390. The Bertz CT molecular complexity index is 1510. The summed E-state index contributed by atoms with van der Waals surface area (Å²) in [6.07, 6.45) is 1.84. The lowest BCUT2D eigenvalue weighted by molar-refractivity contribution is -0.116. The molecule has 4 rings (SSSR count). The largest absolute Gasteiger partial charge is 0.497 e. The third-order valence-corrected chi connectivity index (χ3v) is 7.20. The summed E-state index contributed by atoms with van der Waals surface area (Å²) in [5.41, 5.74) is 0.736. The lowest BCUT2D eigenvalue weighted by atomic mass is 10.2. The fraction of sp³-hybridized carbons (Fsp3) is 0.217. The van der Waals surface area contributed by atoms with E-state index < -0.39 is 17.2 Å². The maximum Gasteiger partial charge on any atom is 0.337 e. The number of carbonyl (C=O) groups is 1. The van der Waals surface area contributed by atoms with Crippen LogP contribution in [0.1, 0.15) is 5.56 Å². The van der Waals surface area contributed by atoms with Crippen LogP contribution in [-0.2, 0) is 11.3 Å². The van der Waals surface area contributed by atoms with Gasteiger partial charge in [0.2, 0.25) is 5.91 Å². The van der Waals surface area contributed by atoms with Crippen LogP contribution in [0.3, 0.4) is 0 Å². The van der Waals surface area contributed by atoms with E-state index in [0.717, 1.165) is 10.1 Å². The Hall–Kier alpha value is -3.57. The maximum absolute atomic E-state index is 13.5. The molecule has 0 radical (unpaired) electrons. The van der Waals surface area contributed by atoms with E-state index in [4.69, 9.17) is 9.47 Å². The van der Waals surface area contributed by atoms with Gasteiger partial charge >= 0.3 is 5.69 Å². The van der Waals surface area contributed by atoms with Gasteiger partial charge in [-0.2, -0.15) is 0 Å². The van der Waals surface area contributed by atoms with Crippen molar-refractivity contribution in [1.29, 1.82) is 0 Å². The fourth-order valence-electron chi connectivity index (χ4n) is 3.51. The number of nitrogens with zero attached hydrogens (tertiary/aromatic N) is 3. The first kappa shape index (κ1) is 23.6. The number of carbonyl (C=O) groups excluding carboxylic acids is 1. The van der Waals surface area contributed by atoms with E-state index >= 15 is 0 Å². The van der Waals surface area contributed by atoms with Crippen LogP contribution in [0.5, 0.6) is 11.5 Å². The molecule has 0 saturated carbocycles. The van der Waals surface area contributed by atoms with Crippen molar-refractivity contribution in [3.63, 3.8) is 0 Å². The summed E-state index contributed by atoms with van der Waals surface area (Å²) in [5.74, 6) is 0.513. The number of methoxy groups -OCH3 is 2. The minimum absolute atomic E-state index is 0.186. The summed E-state index contributed by atoms with van der Waals surface area (Å²) in [5, 5.41) is 2.76. The Balaban J connectivity index is 1.82. The van der Waals surface area contributed by atoms with E-state index in [1.165, 1.54) is 41.9 Å². The van der Waals surface area contributed by atoms with Crippen LogP contribution >= 0.6 is 23.1 Å². The van der Waals surface area contributed by atoms with Crippen LogP contribution in [0.25, 0.3) is 16.0 Å². The van der Waals surface area contributed by atoms with Gasteiger partial charge in [-0.25, -0.2) is 14.3 Å². The normalized spacial score (nSPS) is 10.9. The van der Waals surface area contributed by atoms with Crippen molar-refractivity contribution in [2.75, 3.05) is 25.8 Å². The standard InChI is InChI=1S/C23H22N4O5S2/c1-13-7-5-6-8-16(13)27-21(29)19-20(25-22(33-4)34-19)26(23(27)30)12-18(28)24-15-10-9-14(31-2)11-17(15)32-3/h5-11H,12H2,1-4H3,(H,24,28). The molecule has 0 fully saturated rings. The summed E-state index contributed by atoms with van der Waals surface area (Å²) < 4.78 is 13.8. The zero-order chi connectivity index (χ0) is 24.4. The number of aromatic nitrogens is 3. The Morgan fingerprint density at radius 1 is 1.15 bits per heavy atom. The van der Waals surface area contributed by atoms with E-state index in [9.17, 15) is 14.4 Å². The number of fused-ring (bicyclic) bond motifs is 1. The number of benzene rings is 2. The fourth-order valence-corrected chi connectivity index (χ4v) is 5.00. The second-order valence-electron chi connectivity index (χ2n) is 7.25. The number of thioether (sulfide) groups is 1. The SMILES string of the molecule is COc1ccc(NC(=O)Cn2c(=O)n(-c3ccccc3C)c(=O)c3sc(SC)nc32)c(OC)c1. The molecule has 0 aliphatic rings. The number of amides is 1. The highest BCUT2D eigenvalue weighted by atomic mass is 32.2. The van der Waals surface area contributed by atoms with Crippen molar-refractivity contribution in [2.24, 2.45) is 0 Å². The molecule has 2 aromatic carbocycles. The van der Waals surface area contributed by atoms with Gasteiger partial charge in [0.05, 0.1) is 25.6 Å². The molecule has 0 saturated heterocycles. The summed E-state index contributed by atoms with van der Waals surface area (Å²) in [4.78, 5) is 44.2. The van der Waals surface area contributed by atoms with Crippen molar-refractivity contribution < 1.29 is 14.3 Å². The van der Waals surface area contributed by atoms with Crippen LogP contribution in [0.2, 0.25) is 0 Å². The van der Waals surface area contributed by atoms with E-state index in [1.54, 1.807) is 30.3 Å². The molecule has 34 heavy (non-hydrogen) atoms. The Morgan fingerprint density at radius 3 is 2.59 bits per heavy atom. The minimum Gasteiger partial charge on any atom is -0.497 e. The first-order valence-corrected chi connectivity index (χ1v) is 12.2. The van der Waals surface area contributed by atoms with Crippen LogP contribution in [-0.4, -0.2) is 40.5 Å². The van der Waals surface area contributed by atoms with E-state index in [-0.39, 0.29) is 12.2 Å². The average molecular weight is 499 g/mol. The summed E-state index contributed by atoms with van der Waals surface area (Å²) >= 11 is 2.56. The average Bonchev–Trinajstić information content (AvgIpc) is 3.28. The zero-order valence-corrected chi connectivity index (χ0v) is 20.6. The molecule has 4 aromatic rings. The molecule has 0 unspecified atom stereocenters. The van der Waals surface area contributed by atoms with Crippen molar-refractivity contribution in [3.05, 3.63) is 68.9 Å². The molecule has 0 aliphatic heterocycles. The third kappa shape index (κ3) is 4.31. The van der Waals surface area contributed by atoms with Gasteiger partial charge in [-0.05, 0) is 36.9 Å². The number of para-hydroxylation sites is 1. The second-order valence-corrected chi connectivity index (χ2v) is 9.30. The molecule has 176 valence electrons. The Kier molecular flexibility index (Phi) is 6.75. The molecule has 1 N–H and O–H groups in total. The molecule has 2 heterocycles. The number of hydrogen-bond acceptors (Lipinski definition) is 8. The second kappa shape index (κ2) is 9.74. The first-order chi connectivity index (χ1) is 16.4.